The van der Waals surface area contributed by atoms with Gasteiger partial charge in [0.25, 0.3) is 0 Å². The molecule has 0 bridgehead atoms. The summed E-state index contributed by atoms with van der Waals surface area (Å²) in [5.41, 5.74) is 0.952. The minimum absolute atomic E-state index is 0.0300. The zero-order chi connectivity index (χ0) is 17.8. The molecular weight excluding hydrogens is 318 g/mol. The van der Waals surface area contributed by atoms with Gasteiger partial charge >= 0.3 is 11.8 Å². The highest BCUT2D eigenvalue weighted by molar-refractivity contribution is 6.39. The smallest absolute Gasteiger partial charge is 0.313 e. The molecule has 0 spiro atoms. The number of Topliss-reactive ketones (excluding diaryl/α,β-unsaturated/α-hetero) is 1. The van der Waals surface area contributed by atoms with Crippen molar-refractivity contribution in [1.29, 1.82) is 0 Å². The molecule has 1 heterocycles. The molecule has 25 heavy (non-hydrogen) atoms. The second-order valence-electron chi connectivity index (χ2n) is 6.98. The van der Waals surface area contributed by atoms with E-state index in [-0.39, 0.29) is 11.8 Å². The average Bonchev–Trinajstić information content (AvgIpc) is 3.26. The fourth-order valence-electron chi connectivity index (χ4n) is 3.76. The largest absolute Gasteiger partial charge is 0.344 e. The van der Waals surface area contributed by atoms with Crippen molar-refractivity contribution in [3.63, 3.8) is 0 Å². The summed E-state index contributed by atoms with van der Waals surface area (Å²) in [5.74, 6) is -1.40. The molecule has 2 fully saturated rings. The van der Waals surface area contributed by atoms with Crippen molar-refractivity contribution in [2.24, 2.45) is 0 Å². The molecule has 1 saturated heterocycles. The van der Waals surface area contributed by atoms with E-state index < -0.39 is 11.8 Å². The van der Waals surface area contributed by atoms with Crippen molar-refractivity contribution in [3.8, 4) is 0 Å². The van der Waals surface area contributed by atoms with E-state index in [0.29, 0.717) is 17.3 Å². The first kappa shape index (κ1) is 17.6. The highest BCUT2D eigenvalue weighted by atomic mass is 16.2. The fraction of sp³-hybridized carbons (Fsp3) is 0.526. The van der Waals surface area contributed by atoms with Gasteiger partial charge in [-0.15, -0.1) is 0 Å². The third-order valence-electron chi connectivity index (χ3n) is 5.13. The van der Waals surface area contributed by atoms with E-state index in [9.17, 15) is 14.4 Å². The maximum atomic E-state index is 12.1. The molecule has 1 aliphatic carbocycles. The summed E-state index contributed by atoms with van der Waals surface area (Å²) in [5, 5.41) is 5.39. The number of amides is 2. The van der Waals surface area contributed by atoms with Crippen LogP contribution in [0.1, 0.15) is 49.4 Å². The molecule has 3 rings (SSSR count). The van der Waals surface area contributed by atoms with E-state index >= 15 is 0 Å². The number of nitrogens with zero attached hydrogens (tertiary/aromatic N) is 1. The Morgan fingerprint density at radius 2 is 1.84 bits per heavy atom. The Balaban J connectivity index is 1.50. The van der Waals surface area contributed by atoms with Crippen molar-refractivity contribution in [3.05, 3.63) is 29.8 Å². The molecule has 134 valence electrons. The van der Waals surface area contributed by atoms with Crippen molar-refractivity contribution < 1.29 is 14.4 Å². The minimum Gasteiger partial charge on any atom is -0.344 e. The van der Waals surface area contributed by atoms with Gasteiger partial charge in [0.05, 0.1) is 0 Å². The van der Waals surface area contributed by atoms with Crippen LogP contribution in [0, 0.1) is 0 Å². The van der Waals surface area contributed by atoms with Gasteiger partial charge in [-0.25, -0.2) is 0 Å². The topological polar surface area (TPSA) is 78.5 Å². The van der Waals surface area contributed by atoms with Crippen LogP contribution in [0.15, 0.2) is 24.3 Å². The Morgan fingerprint density at radius 1 is 1.08 bits per heavy atom. The number of benzene rings is 1. The van der Waals surface area contributed by atoms with E-state index in [0.717, 1.165) is 19.5 Å². The Morgan fingerprint density at radius 3 is 2.56 bits per heavy atom. The molecule has 2 amide bonds. The van der Waals surface area contributed by atoms with Gasteiger partial charge in [-0.2, -0.15) is 0 Å². The number of carbonyl (C=O) groups excluding carboxylic acids is 3. The average molecular weight is 343 g/mol. The Hall–Kier alpha value is -2.21. The van der Waals surface area contributed by atoms with E-state index in [1.165, 1.54) is 32.6 Å². The van der Waals surface area contributed by atoms with Gasteiger partial charge in [-0.3, -0.25) is 19.3 Å². The molecule has 1 aromatic rings. The van der Waals surface area contributed by atoms with Crippen molar-refractivity contribution in [2.75, 3.05) is 18.4 Å². The van der Waals surface area contributed by atoms with Crippen LogP contribution in [0.4, 0.5) is 5.69 Å². The summed E-state index contributed by atoms with van der Waals surface area (Å²) in [6, 6.07) is 7.27. The summed E-state index contributed by atoms with van der Waals surface area (Å²) < 4.78 is 0. The molecule has 0 unspecified atom stereocenters. The number of anilines is 1. The summed E-state index contributed by atoms with van der Waals surface area (Å²) in [4.78, 5) is 38.1. The number of hydrogen-bond acceptors (Lipinski definition) is 4. The van der Waals surface area contributed by atoms with E-state index in [4.69, 9.17) is 0 Å². The predicted molar refractivity (Wildman–Crippen MR) is 95.5 cm³/mol. The lowest BCUT2D eigenvalue weighted by atomic mass is 10.1. The highest BCUT2D eigenvalue weighted by Gasteiger charge is 2.31. The van der Waals surface area contributed by atoms with Gasteiger partial charge in [0.1, 0.15) is 0 Å². The van der Waals surface area contributed by atoms with Crippen molar-refractivity contribution >= 4 is 23.3 Å². The third-order valence-corrected chi connectivity index (χ3v) is 5.13. The monoisotopic (exact) mass is 343 g/mol. The highest BCUT2D eigenvalue weighted by Crippen LogP contribution is 2.26. The first-order chi connectivity index (χ1) is 12.0. The maximum absolute atomic E-state index is 12.1. The van der Waals surface area contributed by atoms with E-state index in [1.807, 2.05) is 0 Å². The van der Waals surface area contributed by atoms with Gasteiger partial charge in [-0.1, -0.05) is 25.0 Å². The van der Waals surface area contributed by atoms with Gasteiger partial charge in [-0.05, 0) is 38.3 Å². The second kappa shape index (κ2) is 7.78. The molecule has 1 atom stereocenters. The van der Waals surface area contributed by atoms with Crippen LogP contribution in [-0.4, -0.2) is 47.7 Å². The van der Waals surface area contributed by atoms with Gasteiger partial charge < -0.3 is 10.6 Å². The minimum atomic E-state index is -0.694. The molecule has 2 aliphatic rings. The van der Waals surface area contributed by atoms with Gasteiger partial charge in [0.2, 0.25) is 0 Å². The van der Waals surface area contributed by atoms with Crippen LogP contribution >= 0.6 is 0 Å². The van der Waals surface area contributed by atoms with Crippen LogP contribution in [0.2, 0.25) is 0 Å². The number of likely N-dealkylation sites (tertiary alicyclic amines) is 1. The lowest BCUT2D eigenvalue weighted by Crippen LogP contribution is -2.43. The molecule has 0 aromatic heterocycles. The fourth-order valence-corrected chi connectivity index (χ4v) is 3.76. The molecule has 1 aromatic carbocycles. The molecule has 0 radical (unpaired) electrons. The Bertz CT molecular complexity index is 668. The van der Waals surface area contributed by atoms with E-state index in [1.54, 1.807) is 24.3 Å². The Labute approximate surface area is 148 Å². The normalized spacial score (nSPS) is 21.2. The summed E-state index contributed by atoms with van der Waals surface area (Å²) in [6.07, 6.45) is 5.95. The quantitative estimate of drug-likeness (QED) is 0.647. The van der Waals surface area contributed by atoms with Crippen molar-refractivity contribution in [2.45, 2.75) is 51.1 Å². The third kappa shape index (κ3) is 4.45. The first-order valence-corrected chi connectivity index (χ1v) is 9.00. The molecule has 2 N–H and O–H groups in total. The van der Waals surface area contributed by atoms with Crippen LogP contribution in [-0.2, 0) is 9.59 Å². The lowest BCUT2D eigenvalue weighted by Gasteiger charge is -2.23. The SMILES string of the molecule is CC(=O)c1cccc(NC(=O)C(=O)N[C@@H]2CCN(C3CCCC3)C2)c1. The Kier molecular flexibility index (Phi) is 5.48. The second-order valence-corrected chi connectivity index (χ2v) is 6.98. The number of carbonyl (C=O) groups is 3. The molecule has 1 aliphatic heterocycles. The van der Waals surface area contributed by atoms with E-state index in [2.05, 4.69) is 15.5 Å². The van der Waals surface area contributed by atoms with Gasteiger partial charge in [0, 0.05) is 36.4 Å². The molecule has 6 heteroatoms. The predicted octanol–water partition coefficient (Wildman–Crippen LogP) is 1.96. The number of ketones is 1. The van der Waals surface area contributed by atoms with Crippen LogP contribution < -0.4 is 10.6 Å². The van der Waals surface area contributed by atoms with Crippen molar-refractivity contribution in [1.82, 2.24) is 10.2 Å². The van der Waals surface area contributed by atoms with Crippen LogP contribution in [0.3, 0.4) is 0 Å². The standard InChI is InChI=1S/C19H25N3O3/c1-13(23)14-5-4-6-15(11-14)20-18(24)19(25)21-16-9-10-22(12-16)17-7-2-3-8-17/h4-6,11,16-17H,2-3,7-10,12H2,1H3,(H,20,24)(H,21,25)/t16-/m1/s1. The first-order valence-electron chi connectivity index (χ1n) is 9.00. The number of rotatable bonds is 4. The zero-order valence-corrected chi connectivity index (χ0v) is 14.6. The molecule has 1 saturated carbocycles. The van der Waals surface area contributed by atoms with Crippen LogP contribution in [0.25, 0.3) is 0 Å². The zero-order valence-electron chi connectivity index (χ0n) is 14.6. The maximum Gasteiger partial charge on any atom is 0.313 e. The summed E-state index contributed by atoms with van der Waals surface area (Å²) in [7, 11) is 0. The lowest BCUT2D eigenvalue weighted by molar-refractivity contribution is -0.136. The summed E-state index contributed by atoms with van der Waals surface area (Å²) >= 11 is 0. The van der Waals surface area contributed by atoms with Gasteiger partial charge in [0.15, 0.2) is 5.78 Å². The molecule has 6 nitrogen and oxygen atoms in total. The summed E-state index contributed by atoms with van der Waals surface area (Å²) in [6.45, 7) is 3.27. The van der Waals surface area contributed by atoms with Crippen LogP contribution in [0.5, 0.6) is 0 Å². The number of nitrogens with one attached hydrogen (secondary N) is 2. The number of hydrogen-bond donors (Lipinski definition) is 2. The molecular formula is C19H25N3O3.